The minimum atomic E-state index is -4.79. The van der Waals surface area contributed by atoms with E-state index in [0.29, 0.717) is 107 Å². The molecule has 6 heterocycles. The molecule has 90 heavy (non-hydrogen) atoms. The van der Waals surface area contributed by atoms with Crippen molar-refractivity contribution in [1.29, 1.82) is 15.8 Å². The van der Waals surface area contributed by atoms with Gasteiger partial charge in [-0.2, -0.15) is 29.0 Å². The number of nitriles is 3. The van der Waals surface area contributed by atoms with E-state index in [1.807, 2.05) is 25.7 Å². The molecule has 0 saturated heterocycles. The molecule has 20 nitrogen and oxygen atoms in total. The largest absolute Gasteiger partial charge is 0.416 e. The number of aryl methyl sites for hydroxylation is 2. The molecule has 1 saturated carbocycles. The van der Waals surface area contributed by atoms with Gasteiger partial charge in [0.1, 0.15) is 35.9 Å². The highest BCUT2D eigenvalue weighted by Gasteiger charge is 2.42. The van der Waals surface area contributed by atoms with Crippen molar-refractivity contribution in [2.75, 3.05) is 66.9 Å². The van der Waals surface area contributed by atoms with Gasteiger partial charge in [0, 0.05) is 92.8 Å². The van der Waals surface area contributed by atoms with E-state index in [2.05, 4.69) is 54.6 Å². The molecule has 1 aliphatic carbocycles. The molecule has 3 aliphatic rings. The number of methoxy groups -OCH3 is 1. The zero-order valence-corrected chi connectivity index (χ0v) is 49.8. The van der Waals surface area contributed by atoms with Crippen LogP contribution in [0.1, 0.15) is 106 Å². The number of carbonyl (C=O) groups excluding carboxylic acids is 2. The first-order chi connectivity index (χ1) is 43.5. The Bertz CT molecular complexity index is 4210. The van der Waals surface area contributed by atoms with Crippen molar-refractivity contribution in [2.24, 2.45) is 5.41 Å². The van der Waals surface area contributed by atoms with Gasteiger partial charge in [-0.05, 0) is 145 Å². The maximum atomic E-state index is 15.8. The predicted octanol–water partition coefficient (Wildman–Crippen LogP) is 10.9. The van der Waals surface area contributed by atoms with Gasteiger partial charge in [-0.3, -0.25) is 24.3 Å². The first-order valence-corrected chi connectivity index (χ1v) is 29.6. The fraction of sp³-hybridized carbons (Fsp3) is 0.338. The molecule has 2 aliphatic heterocycles. The summed E-state index contributed by atoms with van der Waals surface area (Å²) in [6.07, 6.45) is 1.56. The van der Waals surface area contributed by atoms with Crippen LogP contribution >= 0.6 is 0 Å². The van der Waals surface area contributed by atoms with Crippen LogP contribution in [0.3, 0.4) is 0 Å². The lowest BCUT2D eigenvalue weighted by Gasteiger charge is -2.30. The molecule has 11 rings (SSSR count). The van der Waals surface area contributed by atoms with E-state index in [4.69, 9.17) is 14.7 Å². The number of hydrogen-bond acceptors (Lipinski definition) is 16. The Balaban J connectivity index is 0.891. The Labute approximate surface area is 515 Å². The number of halogens is 5. The fourth-order valence-corrected chi connectivity index (χ4v) is 12.2. The van der Waals surface area contributed by atoms with E-state index >= 15 is 22.0 Å². The number of nitrogens with one attached hydrogen (secondary N) is 3. The molecular formula is C65H62F5N17O3. The minimum absolute atomic E-state index is 0.00909. The number of rotatable bonds is 23. The van der Waals surface area contributed by atoms with Crippen LogP contribution < -0.4 is 25.8 Å². The van der Waals surface area contributed by atoms with Gasteiger partial charge >= 0.3 is 6.18 Å². The van der Waals surface area contributed by atoms with Crippen LogP contribution in [-0.4, -0.2) is 103 Å². The van der Waals surface area contributed by atoms with Crippen molar-refractivity contribution in [3.63, 3.8) is 0 Å². The Morgan fingerprint density at radius 3 is 1.72 bits per heavy atom. The SMILES string of the molecule is CCNc1cc(-c2cc(C#N)ccc2-c2nncn2CCn2cnnc2-c2ccc(C#N)cc2-c2cc(NCC)nc(N3Cc4c(cc(CNCCOC)c(F)c4F)C3=O)c2)cc(N2Cc3c(cc(CN(CC)CC4(C#N)CCCC4)cc3C(F)(F)F)C2=O)n1. The van der Waals surface area contributed by atoms with Crippen LogP contribution in [-0.2, 0) is 50.2 Å². The summed E-state index contributed by atoms with van der Waals surface area (Å²) in [4.78, 5) is 42.7. The maximum Gasteiger partial charge on any atom is 0.416 e. The van der Waals surface area contributed by atoms with E-state index in [9.17, 15) is 25.4 Å². The van der Waals surface area contributed by atoms with Crippen molar-refractivity contribution in [1.82, 2.24) is 49.7 Å². The fourth-order valence-electron chi connectivity index (χ4n) is 12.2. The number of benzene rings is 4. The van der Waals surface area contributed by atoms with E-state index in [1.165, 1.54) is 29.0 Å². The third-order valence-electron chi connectivity index (χ3n) is 16.7. The van der Waals surface area contributed by atoms with Gasteiger partial charge in [0.2, 0.25) is 0 Å². The molecule has 2 amide bonds. The van der Waals surface area contributed by atoms with Crippen LogP contribution in [0.2, 0.25) is 0 Å². The lowest BCUT2D eigenvalue weighted by molar-refractivity contribution is -0.138. The third kappa shape index (κ3) is 12.3. The highest BCUT2D eigenvalue weighted by atomic mass is 19.4. The van der Waals surface area contributed by atoms with Crippen molar-refractivity contribution in [3.8, 4) is 63.2 Å². The summed E-state index contributed by atoms with van der Waals surface area (Å²) >= 11 is 0. The summed E-state index contributed by atoms with van der Waals surface area (Å²) in [7, 11) is 1.52. The molecule has 25 heteroatoms. The molecule has 0 atom stereocenters. The number of aromatic nitrogens is 8. The molecule has 4 aromatic carbocycles. The van der Waals surface area contributed by atoms with Gasteiger partial charge in [-0.25, -0.2) is 18.7 Å². The molecule has 0 radical (unpaired) electrons. The molecule has 0 spiro atoms. The topological polar surface area (TPSA) is 248 Å². The van der Waals surface area contributed by atoms with Crippen molar-refractivity contribution in [3.05, 3.63) is 153 Å². The molecular weight excluding hydrogens is 1160 g/mol. The van der Waals surface area contributed by atoms with Crippen molar-refractivity contribution < 1.29 is 36.3 Å². The Morgan fingerprint density at radius 2 is 1.22 bits per heavy atom. The summed E-state index contributed by atoms with van der Waals surface area (Å²) in [5, 5.41) is 57.7. The number of nitrogens with zero attached hydrogens (tertiary/aromatic N) is 14. The Morgan fingerprint density at radius 1 is 0.678 bits per heavy atom. The smallest absolute Gasteiger partial charge is 0.383 e. The van der Waals surface area contributed by atoms with Crippen LogP contribution in [0.25, 0.3) is 45.0 Å². The number of amides is 2. The van der Waals surface area contributed by atoms with Gasteiger partial charge in [0.25, 0.3) is 11.8 Å². The summed E-state index contributed by atoms with van der Waals surface area (Å²) in [6.45, 7) is 7.93. The lowest BCUT2D eigenvalue weighted by Crippen LogP contribution is -2.35. The van der Waals surface area contributed by atoms with Gasteiger partial charge < -0.3 is 29.8 Å². The first kappa shape index (κ1) is 61.6. The summed E-state index contributed by atoms with van der Waals surface area (Å²) < 4.78 is 85.2. The van der Waals surface area contributed by atoms with Crippen molar-refractivity contribution >= 4 is 35.1 Å². The number of fused-ring (bicyclic) bond motifs is 2. The average molecular weight is 1220 g/mol. The number of anilines is 4. The number of pyridine rings is 2. The number of carbonyl (C=O) groups is 2. The third-order valence-corrected chi connectivity index (χ3v) is 16.7. The summed E-state index contributed by atoms with van der Waals surface area (Å²) in [5.74, 6) is -1.73. The molecule has 4 aromatic heterocycles. The predicted molar refractivity (Wildman–Crippen MR) is 325 cm³/mol. The highest BCUT2D eigenvalue weighted by Crippen LogP contribution is 2.44. The standard InChI is InChI=1S/C65H62F5N17O3/c1-5-75-54-25-42(27-56(79-54)86-33-51-49(62(86)88)22-41(23-53(51)65(68,69)70)32-83(7-3)36-64(35-73)14-8-9-15-64)47-20-39(29-71)10-12-45(47)60-81-77-37-84(60)17-18-85-38-78-82-61(85)46-13-11-40(30-72)21-48(46)43-26-55(76-6-2)80-57(28-43)87-34-52-50(63(87)89)24-44(58(66)59(52)67)31-74-16-19-90-4/h10-13,20-28,37-38,74H,5-9,14-19,31-34,36H2,1-4H3,(H,75,79)(H,76,80). The minimum Gasteiger partial charge on any atom is -0.383 e. The second-order valence-corrected chi connectivity index (χ2v) is 22.4. The molecule has 8 aromatic rings. The molecule has 0 bridgehead atoms. The van der Waals surface area contributed by atoms with Gasteiger partial charge in [0.05, 0.1) is 60.0 Å². The van der Waals surface area contributed by atoms with Crippen LogP contribution in [0, 0.1) is 51.0 Å². The van der Waals surface area contributed by atoms with E-state index in [1.54, 1.807) is 82.5 Å². The van der Waals surface area contributed by atoms with Gasteiger partial charge in [0.15, 0.2) is 23.3 Å². The molecule has 1 fully saturated rings. The van der Waals surface area contributed by atoms with Crippen LogP contribution in [0.15, 0.2) is 91.5 Å². The molecule has 0 unspecified atom stereocenters. The first-order valence-electron chi connectivity index (χ1n) is 29.6. The van der Waals surface area contributed by atoms with E-state index < -0.39 is 47.1 Å². The second kappa shape index (κ2) is 26.0. The number of hydrogen-bond donors (Lipinski definition) is 3. The second-order valence-electron chi connectivity index (χ2n) is 22.4. The zero-order chi connectivity index (χ0) is 63.4. The maximum absolute atomic E-state index is 15.8. The summed E-state index contributed by atoms with van der Waals surface area (Å²) in [6, 6.07) is 27.7. The van der Waals surface area contributed by atoms with Crippen molar-refractivity contribution in [2.45, 2.75) is 91.9 Å². The van der Waals surface area contributed by atoms with Gasteiger partial charge in [-0.1, -0.05) is 19.8 Å². The monoisotopic (exact) mass is 1220 g/mol. The normalized spacial score (nSPS) is 14.3. The number of ether oxygens (including phenoxy) is 1. The summed E-state index contributed by atoms with van der Waals surface area (Å²) in [5.41, 5.74) is 2.12. The van der Waals surface area contributed by atoms with Crippen LogP contribution in [0.4, 0.5) is 45.2 Å². The zero-order valence-electron chi connectivity index (χ0n) is 49.8. The molecule has 3 N–H and O–H groups in total. The van der Waals surface area contributed by atoms with Gasteiger partial charge in [-0.15, -0.1) is 20.4 Å². The van der Waals surface area contributed by atoms with Crippen LogP contribution in [0.5, 0.6) is 0 Å². The molecule has 460 valence electrons. The Hall–Kier alpha value is -10.0. The van der Waals surface area contributed by atoms with E-state index in [0.717, 1.165) is 31.7 Å². The Kier molecular flexibility index (Phi) is 17.8. The lowest BCUT2D eigenvalue weighted by atomic mass is 9.87. The average Bonchev–Trinajstić information content (AvgIpc) is 1.66. The van der Waals surface area contributed by atoms with E-state index in [-0.39, 0.29) is 77.7 Å². The quantitative estimate of drug-likeness (QED) is 0.0398. The number of alkyl halides is 3. The highest BCUT2D eigenvalue weighted by molar-refractivity contribution is 6.11.